The Kier molecular flexibility index (Phi) is 18.5. The molecule has 1 fully saturated rings. The van der Waals surface area contributed by atoms with E-state index in [0.29, 0.717) is 19.6 Å². The fourth-order valence-electron chi connectivity index (χ4n) is 4.14. The van der Waals surface area contributed by atoms with Crippen molar-refractivity contribution >= 4 is 11.9 Å². The van der Waals surface area contributed by atoms with Gasteiger partial charge in [-0.05, 0) is 65.0 Å². The molecule has 0 saturated carbocycles. The van der Waals surface area contributed by atoms with Gasteiger partial charge in [0.1, 0.15) is 0 Å². The van der Waals surface area contributed by atoms with E-state index in [-0.39, 0.29) is 23.8 Å². The second-order valence-corrected chi connectivity index (χ2v) is 10.0. The second kappa shape index (κ2) is 20.7. The van der Waals surface area contributed by atoms with Crippen LogP contribution in [0.2, 0.25) is 0 Å². The van der Waals surface area contributed by atoms with Gasteiger partial charge in [0.2, 0.25) is 0 Å². The van der Waals surface area contributed by atoms with Crippen molar-refractivity contribution in [2.45, 2.75) is 104 Å². The van der Waals surface area contributed by atoms with Crippen LogP contribution in [0.15, 0.2) is 24.3 Å². The molecule has 2 unspecified atom stereocenters. The third kappa shape index (κ3) is 16.9. The first-order chi connectivity index (χ1) is 16.5. The zero-order valence-electron chi connectivity index (χ0n) is 22.3. The summed E-state index contributed by atoms with van der Waals surface area (Å²) < 4.78 is 10.8. The van der Waals surface area contributed by atoms with Gasteiger partial charge in [-0.15, -0.1) is 0 Å². The number of esters is 2. The molecule has 0 spiro atoms. The smallest absolute Gasteiger partial charge is 0.310 e. The lowest BCUT2D eigenvalue weighted by atomic mass is 9.99. The SMILES string of the molecule is CCCCC/C=C\C/C=C\CCCCCCCC(=O)OCC(C)COC(=O)C1CCCN(C)C1. The summed E-state index contributed by atoms with van der Waals surface area (Å²) in [5.74, 6) is -0.252. The Balaban J connectivity index is 1.92. The fourth-order valence-corrected chi connectivity index (χ4v) is 4.14. The maximum atomic E-state index is 12.2. The van der Waals surface area contributed by atoms with Crippen LogP contribution in [-0.4, -0.2) is 50.2 Å². The van der Waals surface area contributed by atoms with E-state index in [2.05, 4.69) is 36.1 Å². The van der Waals surface area contributed by atoms with Crippen molar-refractivity contribution in [1.29, 1.82) is 0 Å². The molecule has 1 aliphatic rings. The molecule has 0 aromatic heterocycles. The molecule has 0 aliphatic carbocycles. The lowest BCUT2D eigenvalue weighted by molar-refractivity contribution is -0.153. The van der Waals surface area contributed by atoms with Gasteiger partial charge in [0.25, 0.3) is 0 Å². The number of likely N-dealkylation sites (tertiary alicyclic amines) is 1. The predicted molar refractivity (Wildman–Crippen MR) is 141 cm³/mol. The molecule has 5 heteroatoms. The molecular formula is C29H51NO4. The quantitative estimate of drug-likeness (QED) is 0.115. The summed E-state index contributed by atoms with van der Waals surface area (Å²) in [5, 5.41) is 0. The van der Waals surface area contributed by atoms with Crippen LogP contribution in [0.25, 0.3) is 0 Å². The first kappa shape index (κ1) is 30.4. The van der Waals surface area contributed by atoms with E-state index in [1.54, 1.807) is 0 Å². The number of hydrogen-bond acceptors (Lipinski definition) is 5. The molecule has 1 saturated heterocycles. The van der Waals surface area contributed by atoms with E-state index < -0.39 is 0 Å². The maximum Gasteiger partial charge on any atom is 0.310 e. The van der Waals surface area contributed by atoms with Crippen LogP contribution in [0.1, 0.15) is 104 Å². The Hall–Kier alpha value is -1.62. The van der Waals surface area contributed by atoms with Crippen LogP contribution < -0.4 is 0 Å². The molecular weight excluding hydrogens is 426 g/mol. The molecule has 0 aromatic carbocycles. The molecule has 1 aliphatic heterocycles. The van der Waals surface area contributed by atoms with Crippen LogP contribution in [0.4, 0.5) is 0 Å². The summed E-state index contributed by atoms with van der Waals surface area (Å²) in [6.07, 6.45) is 24.4. The van der Waals surface area contributed by atoms with Crippen molar-refractivity contribution in [3.05, 3.63) is 24.3 Å². The molecule has 1 rings (SSSR count). The van der Waals surface area contributed by atoms with Gasteiger partial charge in [-0.1, -0.05) is 70.3 Å². The molecule has 0 radical (unpaired) electrons. The Morgan fingerprint density at radius 1 is 0.912 bits per heavy atom. The molecule has 1 heterocycles. The monoisotopic (exact) mass is 477 g/mol. The number of piperidine rings is 1. The highest BCUT2D eigenvalue weighted by Crippen LogP contribution is 2.17. The van der Waals surface area contributed by atoms with Crippen LogP contribution >= 0.6 is 0 Å². The average molecular weight is 478 g/mol. The topological polar surface area (TPSA) is 55.8 Å². The number of carbonyl (C=O) groups excluding carboxylic acids is 2. The summed E-state index contributed by atoms with van der Waals surface area (Å²) in [5.41, 5.74) is 0. The van der Waals surface area contributed by atoms with E-state index in [1.807, 2.05) is 14.0 Å². The summed E-state index contributed by atoms with van der Waals surface area (Å²) in [6, 6.07) is 0. The highest BCUT2D eigenvalue weighted by Gasteiger charge is 2.25. The summed E-state index contributed by atoms with van der Waals surface area (Å²) in [6.45, 7) is 6.64. The number of ether oxygens (including phenoxy) is 2. The molecule has 196 valence electrons. The molecule has 0 aromatic rings. The molecule has 0 amide bonds. The van der Waals surface area contributed by atoms with Crippen molar-refractivity contribution < 1.29 is 19.1 Å². The van der Waals surface area contributed by atoms with Gasteiger partial charge in [-0.2, -0.15) is 0 Å². The van der Waals surface area contributed by atoms with Gasteiger partial charge >= 0.3 is 11.9 Å². The van der Waals surface area contributed by atoms with Gasteiger partial charge in [0.05, 0.1) is 19.1 Å². The minimum atomic E-state index is -0.141. The van der Waals surface area contributed by atoms with Crippen LogP contribution in [0.5, 0.6) is 0 Å². The van der Waals surface area contributed by atoms with E-state index in [0.717, 1.165) is 51.6 Å². The van der Waals surface area contributed by atoms with Crippen molar-refractivity contribution in [1.82, 2.24) is 4.90 Å². The number of allylic oxidation sites excluding steroid dienone is 4. The number of nitrogens with zero attached hydrogens (tertiary/aromatic N) is 1. The number of rotatable bonds is 19. The second-order valence-electron chi connectivity index (χ2n) is 10.0. The Labute approximate surface area is 209 Å². The van der Waals surface area contributed by atoms with Crippen molar-refractivity contribution in [3.63, 3.8) is 0 Å². The van der Waals surface area contributed by atoms with E-state index in [1.165, 1.54) is 44.9 Å². The lowest BCUT2D eigenvalue weighted by Crippen LogP contribution is -2.37. The summed E-state index contributed by atoms with van der Waals surface area (Å²) in [4.78, 5) is 26.3. The minimum absolute atomic E-state index is 0.0215. The van der Waals surface area contributed by atoms with Crippen molar-refractivity contribution in [2.24, 2.45) is 11.8 Å². The predicted octanol–water partition coefficient (Wildman–Crippen LogP) is 6.86. The lowest BCUT2D eigenvalue weighted by Gasteiger charge is -2.28. The highest BCUT2D eigenvalue weighted by atomic mass is 16.5. The number of unbranched alkanes of at least 4 members (excludes halogenated alkanes) is 8. The first-order valence-corrected chi connectivity index (χ1v) is 13.8. The van der Waals surface area contributed by atoms with Gasteiger partial charge in [0, 0.05) is 18.9 Å². The van der Waals surface area contributed by atoms with Gasteiger partial charge < -0.3 is 14.4 Å². The zero-order chi connectivity index (χ0) is 24.9. The minimum Gasteiger partial charge on any atom is -0.465 e. The molecule has 2 atom stereocenters. The third-order valence-electron chi connectivity index (χ3n) is 6.33. The van der Waals surface area contributed by atoms with Gasteiger partial charge in [-0.25, -0.2) is 0 Å². The fraction of sp³-hybridized carbons (Fsp3) is 0.793. The van der Waals surface area contributed by atoms with Crippen LogP contribution in [0, 0.1) is 11.8 Å². The maximum absolute atomic E-state index is 12.2. The number of hydrogen-bond donors (Lipinski definition) is 0. The van der Waals surface area contributed by atoms with Gasteiger partial charge in [0.15, 0.2) is 0 Å². The largest absolute Gasteiger partial charge is 0.465 e. The van der Waals surface area contributed by atoms with E-state index in [4.69, 9.17) is 9.47 Å². The third-order valence-corrected chi connectivity index (χ3v) is 6.33. The van der Waals surface area contributed by atoms with E-state index >= 15 is 0 Å². The van der Waals surface area contributed by atoms with Crippen molar-refractivity contribution in [3.8, 4) is 0 Å². The number of carbonyl (C=O) groups is 2. The zero-order valence-corrected chi connectivity index (χ0v) is 22.3. The molecule has 34 heavy (non-hydrogen) atoms. The standard InChI is InChI=1S/C29H51NO4/c1-4-5-6-7-8-9-10-11-12-13-14-15-16-17-18-21-28(31)33-24-26(2)25-34-29(32)27-20-19-22-30(3)23-27/h8-9,11-12,26-27H,4-7,10,13-25H2,1-3H3/b9-8-,12-11-. The summed E-state index contributed by atoms with van der Waals surface area (Å²) >= 11 is 0. The molecule has 0 bridgehead atoms. The Bertz CT molecular complexity index is 587. The normalized spacial score (nSPS) is 17.9. The Morgan fingerprint density at radius 3 is 2.26 bits per heavy atom. The van der Waals surface area contributed by atoms with Crippen molar-refractivity contribution in [2.75, 3.05) is 33.4 Å². The summed E-state index contributed by atoms with van der Waals surface area (Å²) in [7, 11) is 2.04. The van der Waals surface area contributed by atoms with Crippen LogP contribution in [0.3, 0.4) is 0 Å². The van der Waals surface area contributed by atoms with Crippen LogP contribution in [-0.2, 0) is 19.1 Å². The molecule has 0 N–H and O–H groups in total. The van der Waals surface area contributed by atoms with E-state index in [9.17, 15) is 9.59 Å². The highest BCUT2D eigenvalue weighted by molar-refractivity contribution is 5.72. The van der Waals surface area contributed by atoms with Gasteiger partial charge in [-0.3, -0.25) is 9.59 Å². The molecule has 5 nitrogen and oxygen atoms in total. The first-order valence-electron chi connectivity index (χ1n) is 13.8. The Morgan fingerprint density at radius 2 is 1.56 bits per heavy atom. The average Bonchev–Trinajstić information content (AvgIpc) is 2.83.